The molecule has 2 heterocycles. The molecule has 1 aromatic heterocycles. The van der Waals surface area contributed by atoms with Crippen LogP contribution in [0.1, 0.15) is 51.0 Å². The first-order valence-corrected chi connectivity index (χ1v) is 11.3. The molecule has 3 rings (SSSR count). The van der Waals surface area contributed by atoms with Crippen LogP contribution in [0, 0.1) is 5.92 Å². The highest BCUT2D eigenvalue weighted by Crippen LogP contribution is 2.38. The fraction of sp³-hybridized carbons (Fsp3) is 0.565. The third-order valence-corrected chi connectivity index (χ3v) is 5.77. The van der Waals surface area contributed by atoms with Crippen LogP contribution in [0.25, 0.3) is 11.3 Å². The molecule has 1 saturated heterocycles. The lowest BCUT2D eigenvalue weighted by Gasteiger charge is -2.26. The van der Waals surface area contributed by atoms with Crippen LogP contribution in [-0.4, -0.2) is 48.1 Å². The van der Waals surface area contributed by atoms with Crippen LogP contribution in [0.2, 0.25) is 5.02 Å². The number of anilines is 1. The van der Waals surface area contributed by atoms with Crippen molar-refractivity contribution in [1.29, 1.82) is 0 Å². The SMILES string of the molecule is CCn1nc(C(=O)NC[C@@H]2CC[C@H](C)CO2)c(Cl)c1-c1ccc(NC(C)C)cc1OC. The fourth-order valence-electron chi connectivity index (χ4n) is 3.77. The molecular formula is C23H33ClN4O3. The van der Waals surface area contributed by atoms with Crippen LogP contribution >= 0.6 is 11.6 Å². The second-order valence-electron chi connectivity index (χ2n) is 8.39. The summed E-state index contributed by atoms with van der Waals surface area (Å²) in [6.07, 6.45) is 2.09. The monoisotopic (exact) mass is 448 g/mol. The van der Waals surface area contributed by atoms with E-state index in [0.29, 0.717) is 41.5 Å². The molecule has 2 atom stereocenters. The smallest absolute Gasteiger partial charge is 0.273 e. The van der Waals surface area contributed by atoms with Gasteiger partial charge in [0, 0.05) is 43.1 Å². The van der Waals surface area contributed by atoms with E-state index in [1.165, 1.54) is 0 Å². The molecule has 1 aliphatic rings. The predicted molar refractivity (Wildman–Crippen MR) is 124 cm³/mol. The number of aryl methyl sites for hydroxylation is 1. The van der Waals surface area contributed by atoms with Crippen molar-refractivity contribution in [2.75, 3.05) is 25.6 Å². The van der Waals surface area contributed by atoms with Gasteiger partial charge in [0.2, 0.25) is 0 Å². The number of aromatic nitrogens is 2. The number of methoxy groups -OCH3 is 1. The molecule has 1 aliphatic heterocycles. The van der Waals surface area contributed by atoms with Crippen LogP contribution < -0.4 is 15.4 Å². The summed E-state index contributed by atoms with van der Waals surface area (Å²) in [5, 5.41) is 11.1. The largest absolute Gasteiger partial charge is 0.496 e. The highest BCUT2D eigenvalue weighted by Gasteiger charge is 2.26. The van der Waals surface area contributed by atoms with Crippen molar-refractivity contribution in [3.05, 3.63) is 28.9 Å². The number of hydrogen-bond donors (Lipinski definition) is 2. The minimum atomic E-state index is -0.294. The van der Waals surface area contributed by atoms with Crippen LogP contribution in [0.3, 0.4) is 0 Å². The standard InChI is InChI=1S/C23H33ClN4O3/c1-6-28-22(18-10-8-16(26-14(2)3)11-19(18)30-5)20(24)21(27-28)23(29)25-12-17-9-7-15(4)13-31-17/h8,10-11,14-15,17,26H,6-7,9,12-13H2,1-5H3,(H,25,29)/t15-,17-/m0/s1. The number of hydrogen-bond acceptors (Lipinski definition) is 5. The summed E-state index contributed by atoms with van der Waals surface area (Å²) < 4.78 is 13.2. The van der Waals surface area contributed by atoms with Gasteiger partial charge >= 0.3 is 0 Å². The van der Waals surface area contributed by atoms with Crippen molar-refractivity contribution in [2.45, 2.75) is 59.2 Å². The molecule has 1 amide bonds. The lowest BCUT2D eigenvalue weighted by atomic mass is 10.0. The maximum absolute atomic E-state index is 12.8. The molecule has 0 unspecified atom stereocenters. The summed E-state index contributed by atoms with van der Waals surface area (Å²) in [6, 6.07) is 6.14. The molecular weight excluding hydrogens is 416 g/mol. The Balaban J connectivity index is 1.83. The minimum absolute atomic E-state index is 0.0350. The highest BCUT2D eigenvalue weighted by molar-refractivity contribution is 6.36. The van der Waals surface area contributed by atoms with Crippen molar-refractivity contribution in [1.82, 2.24) is 15.1 Å². The van der Waals surface area contributed by atoms with Gasteiger partial charge in [0.05, 0.1) is 23.9 Å². The van der Waals surface area contributed by atoms with Crippen molar-refractivity contribution in [3.63, 3.8) is 0 Å². The molecule has 170 valence electrons. The Bertz CT molecular complexity index is 904. The van der Waals surface area contributed by atoms with Crippen LogP contribution in [0.5, 0.6) is 5.75 Å². The summed E-state index contributed by atoms with van der Waals surface area (Å²) in [6.45, 7) is 10.0. The molecule has 2 N–H and O–H groups in total. The molecule has 7 nitrogen and oxygen atoms in total. The van der Waals surface area contributed by atoms with Gasteiger partial charge in [-0.2, -0.15) is 5.10 Å². The van der Waals surface area contributed by atoms with E-state index in [9.17, 15) is 4.79 Å². The molecule has 1 fully saturated rings. The zero-order chi connectivity index (χ0) is 22.5. The number of amides is 1. The Morgan fingerprint density at radius 2 is 2.16 bits per heavy atom. The lowest BCUT2D eigenvalue weighted by Crippen LogP contribution is -2.37. The quantitative estimate of drug-likeness (QED) is 0.617. The van der Waals surface area contributed by atoms with Gasteiger partial charge in [0.25, 0.3) is 5.91 Å². The Labute approximate surface area is 189 Å². The Morgan fingerprint density at radius 1 is 1.39 bits per heavy atom. The predicted octanol–water partition coefficient (Wildman–Crippen LogP) is 4.60. The number of carbonyl (C=O) groups excluding carboxylic acids is 1. The van der Waals surface area contributed by atoms with Gasteiger partial charge in [0.15, 0.2) is 5.69 Å². The molecule has 0 aliphatic carbocycles. The van der Waals surface area contributed by atoms with Gasteiger partial charge in [-0.3, -0.25) is 9.48 Å². The first kappa shape index (κ1) is 23.4. The minimum Gasteiger partial charge on any atom is -0.496 e. The lowest BCUT2D eigenvalue weighted by molar-refractivity contribution is -0.00918. The average molecular weight is 449 g/mol. The zero-order valence-electron chi connectivity index (χ0n) is 19.0. The maximum atomic E-state index is 12.8. The van der Waals surface area contributed by atoms with E-state index in [2.05, 4.69) is 36.5 Å². The molecule has 0 bridgehead atoms. The first-order chi connectivity index (χ1) is 14.8. The Hall–Kier alpha value is -2.25. The number of ether oxygens (including phenoxy) is 2. The first-order valence-electron chi connectivity index (χ1n) is 10.9. The van der Waals surface area contributed by atoms with Gasteiger partial charge < -0.3 is 20.1 Å². The summed E-state index contributed by atoms with van der Waals surface area (Å²) in [5.74, 6) is 0.942. The second-order valence-corrected chi connectivity index (χ2v) is 8.77. The average Bonchev–Trinajstić information content (AvgIpc) is 3.08. The van der Waals surface area contributed by atoms with Crippen LogP contribution in [-0.2, 0) is 11.3 Å². The number of benzene rings is 1. The topological polar surface area (TPSA) is 77.4 Å². The summed E-state index contributed by atoms with van der Waals surface area (Å²) in [5.41, 5.74) is 2.63. The summed E-state index contributed by atoms with van der Waals surface area (Å²) in [4.78, 5) is 12.8. The normalized spacial score (nSPS) is 18.8. The number of nitrogens with zero attached hydrogens (tertiary/aromatic N) is 2. The summed E-state index contributed by atoms with van der Waals surface area (Å²) in [7, 11) is 1.62. The van der Waals surface area contributed by atoms with E-state index in [1.54, 1.807) is 11.8 Å². The third-order valence-electron chi connectivity index (χ3n) is 5.41. The van der Waals surface area contributed by atoms with Crippen molar-refractivity contribution in [2.24, 2.45) is 5.92 Å². The number of nitrogens with one attached hydrogen (secondary N) is 2. The number of carbonyl (C=O) groups is 1. The van der Waals surface area contributed by atoms with Gasteiger partial charge in [-0.25, -0.2) is 0 Å². The Morgan fingerprint density at radius 3 is 2.77 bits per heavy atom. The van der Waals surface area contributed by atoms with Gasteiger partial charge in [-0.1, -0.05) is 18.5 Å². The number of rotatable bonds is 8. The van der Waals surface area contributed by atoms with Crippen LogP contribution in [0.4, 0.5) is 5.69 Å². The van der Waals surface area contributed by atoms with Crippen LogP contribution in [0.15, 0.2) is 18.2 Å². The van der Waals surface area contributed by atoms with Crippen molar-refractivity contribution in [3.8, 4) is 17.0 Å². The van der Waals surface area contributed by atoms with Gasteiger partial charge in [-0.05, 0) is 51.7 Å². The van der Waals surface area contributed by atoms with E-state index in [4.69, 9.17) is 21.1 Å². The molecule has 0 spiro atoms. The van der Waals surface area contributed by atoms with E-state index in [0.717, 1.165) is 30.7 Å². The molecule has 0 radical (unpaired) electrons. The van der Waals surface area contributed by atoms with Crippen molar-refractivity contribution < 1.29 is 14.3 Å². The third kappa shape index (κ3) is 5.52. The zero-order valence-corrected chi connectivity index (χ0v) is 19.8. The molecule has 2 aromatic rings. The van der Waals surface area contributed by atoms with E-state index >= 15 is 0 Å². The highest BCUT2D eigenvalue weighted by atomic mass is 35.5. The fourth-order valence-corrected chi connectivity index (χ4v) is 4.09. The van der Waals surface area contributed by atoms with E-state index in [-0.39, 0.29) is 17.7 Å². The van der Waals surface area contributed by atoms with Gasteiger partial charge in [-0.15, -0.1) is 0 Å². The van der Waals surface area contributed by atoms with Crippen molar-refractivity contribution >= 4 is 23.2 Å². The second kappa shape index (κ2) is 10.4. The summed E-state index contributed by atoms with van der Waals surface area (Å²) >= 11 is 6.68. The molecule has 8 heteroatoms. The molecule has 1 aromatic carbocycles. The van der Waals surface area contributed by atoms with E-state index < -0.39 is 0 Å². The van der Waals surface area contributed by atoms with Gasteiger partial charge in [0.1, 0.15) is 5.75 Å². The number of halogens is 1. The van der Waals surface area contributed by atoms with E-state index in [1.807, 2.05) is 25.1 Å². The maximum Gasteiger partial charge on any atom is 0.273 e. The molecule has 0 saturated carbocycles. The molecule has 31 heavy (non-hydrogen) atoms. The Kier molecular flexibility index (Phi) is 7.84.